The highest BCUT2D eigenvalue weighted by atomic mass is 32.1. The Morgan fingerprint density at radius 2 is 2.07 bits per heavy atom. The largest absolute Gasteiger partial charge is 0.376 e. The first-order valence-electron chi connectivity index (χ1n) is 11.4. The third kappa shape index (κ3) is 4.72. The van der Waals surface area contributed by atoms with Crippen LogP contribution in [0.15, 0.2) is 17.8 Å². The molecule has 0 bridgehead atoms. The van der Waals surface area contributed by atoms with Gasteiger partial charge in [0, 0.05) is 37.5 Å². The van der Waals surface area contributed by atoms with E-state index in [0.29, 0.717) is 6.04 Å². The Kier molecular flexibility index (Phi) is 5.97. The maximum absolute atomic E-state index is 6.50. The number of ether oxygens (including phenoxy) is 1. The van der Waals surface area contributed by atoms with E-state index >= 15 is 0 Å². The Morgan fingerprint density at radius 1 is 1.21 bits per heavy atom. The summed E-state index contributed by atoms with van der Waals surface area (Å²) in [5.74, 6) is 2.26. The van der Waals surface area contributed by atoms with Crippen LogP contribution in [0.4, 0.5) is 0 Å². The van der Waals surface area contributed by atoms with Gasteiger partial charge in [-0.3, -0.25) is 4.90 Å². The average molecular weight is 416 g/mol. The van der Waals surface area contributed by atoms with E-state index in [2.05, 4.69) is 43.4 Å². The van der Waals surface area contributed by atoms with E-state index in [4.69, 9.17) is 4.74 Å². The molecule has 2 saturated carbocycles. The molecule has 0 spiro atoms. The van der Waals surface area contributed by atoms with Gasteiger partial charge < -0.3 is 4.74 Å². The van der Waals surface area contributed by atoms with Gasteiger partial charge in [-0.25, -0.2) is 9.67 Å². The van der Waals surface area contributed by atoms with E-state index in [0.717, 1.165) is 55.9 Å². The molecule has 1 saturated heterocycles. The number of fused-ring (bicyclic) bond motifs is 1. The lowest BCUT2D eigenvalue weighted by Gasteiger charge is -2.37. The standard InChI is InChI=1S/C22H33N5OS/c1-2-3-4-19-13-27(25-24-19)20-9-17-11-26(14-22-23-7-8-29-22)12-18(17)10-21(20)28-15-16-5-6-16/h7-8,13,16-18,20-21H,2-6,9-12,14-15H2,1H3/t17-,18+,20-,21-/m1/s1. The second-order valence-corrected chi connectivity index (χ2v) is 10.3. The summed E-state index contributed by atoms with van der Waals surface area (Å²) in [6, 6.07) is 0.331. The van der Waals surface area contributed by atoms with E-state index in [1.807, 2.05) is 6.20 Å². The van der Waals surface area contributed by atoms with Gasteiger partial charge in [-0.2, -0.15) is 0 Å². The molecule has 5 rings (SSSR count). The van der Waals surface area contributed by atoms with Gasteiger partial charge in [0.2, 0.25) is 0 Å². The summed E-state index contributed by atoms with van der Waals surface area (Å²) in [5, 5.41) is 12.3. The Hall–Kier alpha value is -1.31. The number of hydrogen-bond donors (Lipinski definition) is 0. The molecule has 0 amide bonds. The molecule has 4 atom stereocenters. The maximum atomic E-state index is 6.50. The molecule has 3 aliphatic rings. The average Bonchev–Trinajstić information content (AvgIpc) is 3.11. The number of aryl methyl sites for hydroxylation is 1. The smallest absolute Gasteiger partial charge is 0.107 e. The molecule has 1 aliphatic heterocycles. The Bertz CT molecular complexity index is 774. The number of unbranched alkanes of at least 4 members (excludes halogenated alkanes) is 1. The van der Waals surface area contributed by atoms with Crippen LogP contribution in [0.25, 0.3) is 0 Å². The van der Waals surface area contributed by atoms with Gasteiger partial charge in [0.05, 0.1) is 24.4 Å². The molecule has 3 heterocycles. The summed E-state index contributed by atoms with van der Waals surface area (Å²) in [4.78, 5) is 7.09. The predicted octanol–water partition coefficient (Wildman–Crippen LogP) is 3.96. The molecule has 29 heavy (non-hydrogen) atoms. The molecule has 0 radical (unpaired) electrons. The zero-order chi connectivity index (χ0) is 19.6. The van der Waals surface area contributed by atoms with Crippen LogP contribution in [0.2, 0.25) is 0 Å². The van der Waals surface area contributed by atoms with Crippen LogP contribution in [0.1, 0.15) is 62.2 Å². The molecule has 3 fully saturated rings. The maximum Gasteiger partial charge on any atom is 0.107 e. The van der Waals surface area contributed by atoms with Crippen molar-refractivity contribution in [1.29, 1.82) is 0 Å². The summed E-state index contributed by atoms with van der Waals surface area (Å²) < 4.78 is 8.64. The zero-order valence-electron chi connectivity index (χ0n) is 17.4. The number of aromatic nitrogens is 4. The van der Waals surface area contributed by atoms with Gasteiger partial charge in [0.15, 0.2) is 0 Å². The molecular formula is C22H33N5OS. The Labute approximate surface area is 177 Å². The van der Waals surface area contributed by atoms with Gasteiger partial charge >= 0.3 is 0 Å². The molecule has 7 heteroatoms. The van der Waals surface area contributed by atoms with E-state index in [9.17, 15) is 0 Å². The molecule has 2 aromatic heterocycles. The van der Waals surface area contributed by atoms with Crippen molar-refractivity contribution in [3.63, 3.8) is 0 Å². The Balaban J connectivity index is 1.27. The molecule has 0 unspecified atom stereocenters. The van der Waals surface area contributed by atoms with Gasteiger partial charge in [0.25, 0.3) is 0 Å². The predicted molar refractivity (Wildman–Crippen MR) is 114 cm³/mol. The first-order valence-corrected chi connectivity index (χ1v) is 12.3. The van der Waals surface area contributed by atoms with Crippen molar-refractivity contribution >= 4 is 11.3 Å². The molecule has 0 N–H and O–H groups in total. The summed E-state index contributed by atoms with van der Waals surface area (Å²) in [6.45, 7) is 6.50. The summed E-state index contributed by atoms with van der Waals surface area (Å²) in [7, 11) is 0. The van der Waals surface area contributed by atoms with Crippen molar-refractivity contribution in [3.05, 3.63) is 28.5 Å². The van der Waals surface area contributed by atoms with Crippen LogP contribution in [0, 0.1) is 17.8 Å². The number of rotatable bonds is 9. The van der Waals surface area contributed by atoms with Crippen molar-refractivity contribution in [2.24, 2.45) is 17.8 Å². The van der Waals surface area contributed by atoms with E-state index in [1.165, 1.54) is 43.8 Å². The molecule has 158 valence electrons. The van der Waals surface area contributed by atoms with Gasteiger partial charge in [-0.05, 0) is 56.3 Å². The lowest BCUT2D eigenvalue weighted by Crippen LogP contribution is -2.38. The van der Waals surface area contributed by atoms with E-state index in [-0.39, 0.29) is 6.10 Å². The van der Waals surface area contributed by atoms with Crippen molar-refractivity contribution in [1.82, 2.24) is 24.9 Å². The number of thiazole rings is 1. The fourth-order valence-corrected chi connectivity index (χ4v) is 5.75. The van der Waals surface area contributed by atoms with E-state index in [1.54, 1.807) is 11.3 Å². The van der Waals surface area contributed by atoms with Crippen LogP contribution in [-0.2, 0) is 17.7 Å². The van der Waals surface area contributed by atoms with Crippen LogP contribution in [0.3, 0.4) is 0 Å². The zero-order valence-corrected chi connectivity index (χ0v) is 18.3. The minimum Gasteiger partial charge on any atom is -0.376 e. The third-order valence-corrected chi connectivity index (χ3v) is 7.69. The number of hydrogen-bond acceptors (Lipinski definition) is 6. The van der Waals surface area contributed by atoms with Crippen LogP contribution < -0.4 is 0 Å². The highest BCUT2D eigenvalue weighted by Gasteiger charge is 2.44. The molecule has 6 nitrogen and oxygen atoms in total. The van der Waals surface area contributed by atoms with Crippen molar-refractivity contribution in [2.45, 2.75) is 70.6 Å². The quantitative estimate of drug-likeness (QED) is 0.621. The number of likely N-dealkylation sites (tertiary alicyclic amines) is 1. The second-order valence-electron chi connectivity index (χ2n) is 9.29. The summed E-state index contributed by atoms with van der Waals surface area (Å²) >= 11 is 1.77. The van der Waals surface area contributed by atoms with Crippen LogP contribution in [-0.4, -0.2) is 50.7 Å². The molecule has 2 aliphatic carbocycles. The fraction of sp³-hybridized carbons (Fsp3) is 0.773. The van der Waals surface area contributed by atoms with Gasteiger partial charge in [-0.15, -0.1) is 16.4 Å². The van der Waals surface area contributed by atoms with Gasteiger partial charge in [-0.1, -0.05) is 18.6 Å². The highest BCUT2D eigenvalue weighted by molar-refractivity contribution is 7.09. The molecular weight excluding hydrogens is 382 g/mol. The fourth-order valence-electron chi connectivity index (χ4n) is 5.09. The monoisotopic (exact) mass is 415 g/mol. The van der Waals surface area contributed by atoms with Crippen molar-refractivity contribution < 1.29 is 4.74 Å². The van der Waals surface area contributed by atoms with E-state index < -0.39 is 0 Å². The first-order chi connectivity index (χ1) is 14.3. The lowest BCUT2D eigenvalue weighted by atomic mass is 9.77. The second kappa shape index (κ2) is 8.82. The summed E-state index contributed by atoms with van der Waals surface area (Å²) in [6.07, 6.45) is 12.8. The first kappa shape index (κ1) is 19.6. The van der Waals surface area contributed by atoms with Crippen LogP contribution >= 0.6 is 11.3 Å². The minimum atomic E-state index is 0.275. The lowest BCUT2D eigenvalue weighted by molar-refractivity contribution is -0.0375. The van der Waals surface area contributed by atoms with Crippen LogP contribution in [0.5, 0.6) is 0 Å². The summed E-state index contributed by atoms with van der Waals surface area (Å²) in [5.41, 5.74) is 1.13. The SMILES string of the molecule is CCCCc1cn([C@@H]2C[C@@H]3CN(Cc4nccs4)C[C@@H]3C[C@H]2OCC2CC2)nn1. The third-order valence-electron chi connectivity index (χ3n) is 6.93. The molecule has 2 aromatic rings. The topological polar surface area (TPSA) is 56.1 Å². The minimum absolute atomic E-state index is 0.275. The normalized spacial score (nSPS) is 30.0. The highest BCUT2D eigenvalue weighted by Crippen LogP contribution is 2.43. The van der Waals surface area contributed by atoms with Crippen molar-refractivity contribution in [3.8, 4) is 0 Å². The van der Waals surface area contributed by atoms with Gasteiger partial charge in [0.1, 0.15) is 5.01 Å². The number of nitrogens with zero attached hydrogens (tertiary/aromatic N) is 5. The molecule has 0 aromatic carbocycles. The Morgan fingerprint density at radius 3 is 2.83 bits per heavy atom. The van der Waals surface area contributed by atoms with Crippen molar-refractivity contribution in [2.75, 3.05) is 19.7 Å².